The Balaban J connectivity index is 2.30. The molecule has 0 spiro atoms. The summed E-state index contributed by atoms with van der Waals surface area (Å²) in [5, 5.41) is 12.4. The van der Waals surface area contributed by atoms with Crippen molar-refractivity contribution in [2.45, 2.75) is 0 Å². The maximum atomic E-state index is 10.7. The van der Waals surface area contributed by atoms with Crippen LogP contribution in [0, 0.1) is 0 Å². The van der Waals surface area contributed by atoms with Crippen molar-refractivity contribution in [1.29, 1.82) is 0 Å². The Morgan fingerprint density at radius 2 is 2.20 bits per heavy atom. The average molecular weight is 224 g/mol. The molecule has 0 saturated carbocycles. The van der Waals surface area contributed by atoms with Crippen LogP contribution in [-0.2, 0) is 0 Å². The molecule has 3 nitrogen and oxygen atoms in total. The predicted molar refractivity (Wildman–Crippen MR) is 59.3 cm³/mol. The molecule has 0 amide bonds. The van der Waals surface area contributed by atoms with Gasteiger partial charge in [0.2, 0.25) is 0 Å². The van der Waals surface area contributed by atoms with Gasteiger partial charge in [-0.05, 0) is 23.3 Å². The summed E-state index contributed by atoms with van der Waals surface area (Å²) in [4.78, 5) is 10.7. The maximum absolute atomic E-state index is 10.7. The topological polar surface area (TPSA) is 49.3 Å². The number of halogens is 1. The van der Waals surface area contributed by atoms with Crippen molar-refractivity contribution in [3.8, 4) is 0 Å². The molecule has 1 aliphatic rings. The number of carbonyl (C=O) groups is 1. The molecule has 1 fully saturated rings. The van der Waals surface area contributed by atoms with Gasteiger partial charge >= 0.3 is 5.97 Å². The molecule has 1 heterocycles. The first kappa shape index (κ1) is 10.2. The lowest BCUT2D eigenvalue weighted by molar-refractivity contribution is 0.0697. The molecule has 1 aromatic rings. The Hall–Kier alpha value is -1.32. The van der Waals surface area contributed by atoms with Crippen molar-refractivity contribution in [3.63, 3.8) is 0 Å². The van der Waals surface area contributed by atoms with E-state index >= 15 is 0 Å². The maximum Gasteiger partial charge on any atom is 0.335 e. The number of aromatic carboxylic acids is 1. The number of carboxylic acids is 1. The van der Waals surface area contributed by atoms with Crippen molar-refractivity contribution >= 4 is 23.6 Å². The SMILES string of the molecule is O=C(O)c1ccc(C=C2CNC2)c(Cl)c1. The fourth-order valence-electron chi connectivity index (χ4n) is 1.37. The van der Waals surface area contributed by atoms with Crippen LogP contribution in [0.4, 0.5) is 0 Å². The van der Waals surface area contributed by atoms with E-state index in [9.17, 15) is 4.79 Å². The number of benzene rings is 1. The zero-order chi connectivity index (χ0) is 10.8. The first-order chi connectivity index (χ1) is 7.16. The van der Waals surface area contributed by atoms with Gasteiger partial charge in [0.1, 0.15) is 0 Å². The highest BCUT2D eigenvalue weighted by molar-refractivity contribution is 6.32. The summed E-state index contributed by atoms with van der Waals surface area (Å²) >= 11 is 5.97. The van der Waals surface area contributed by atoms with E-state index in [0.29, 0.717) is 5.02 Å². The summed E-state index contributed by atoms with van der Waals surface area (Å²) in [5.74, 6) is -0.957. The van der Waals surface area contributed by atoms with Crippen LogP contribution in [0.5, 0.6) is 0 Å². The lowest BCUT2D eigenvalue weighted by Gasteiger charge is -2.18. The van der Waals surface area contributed by atoms with Crippen LogP contribution in [0.25, 0.3) is 6.08 Å². The van der Waals surface area contributed by atoms with Gasteiger partial charge in [0.25, 0.3) is 0 Å². The van der Waals surface area contributed by atoms with Crippen LogP contribution in [0.2, 0.25) is 5.02 Å². The third-order valence-electron chi connectivity index (χ3n) is 2.31. The Bertz CT molecular complexity index is 434. The van der Waals surface area contributed by atoms with E-state index in [1.54, 1.807) is 12.1 Å². The van der Waals surface area contributed by atoms with Crippen LogP contribution < -0.4 is 5.32 Å². The van der Waals surface area contributed by atoms with Gasteiger partial charge in [-0.15, -0.1) is 0 Å². The molecule has 1 aliphatic heterocycles. The summed E-state index contributed by atoms with van der Waals surface area (Å²) in [6, 6.07) is 4.77. The first-order valence-electron chi connectivity index (χ1n) is 4.60. The molecule has 0 atom stereocenters. The minimum absolute atomic E-state index is 0.217. The molecule has 0 unspecified atom stereocenters. The summed E-state index contributed by atoms with van der Waals surface area (Å²) in [6.45, 7) is 1.77. The standard InChI is InChI=1S/C11H10ClNO2/c12-10-4-9(11(14)15)2-1-8(10)3-7-5-13-6-7/h1-4,13H,5-6H2,(H,14,15). The fourth-order valence-corrected chi connectivity index (χ4v) is 1.60. The van der Waals surface area contributed by atoms with Crippen molar-refractivity contribution in [3.05, 3.63) is 39.9 Å². The van der Waals surface area contributed by atoms with E-state index < -0.39 is 5.97 Å². The number of hydrogen-bond acceptors (Lipinski definition) is 2. The molecule has 78 valence electrons. The lowest BCUT2D eigenvalue weighted by atomic mass is 10.1. The van der Waals surface area contributed by atoms with E-state index in [-0.39, 0.29) is 5.56 Å². The molecule has 1 saturated heterocycles. The number of nitrogens with one attached hydrogen (secondary N) is 1. The summed E-state index contributed by atoms with van der Waals surface area (Å²) in [6.07, 6.45) is 1.99. The minimum Gasteiger partial charge on any atom is -0.478 e. The third kappa shape index (κ3) is 2.19. The number of hydrogen-bond donors (Lipinski definition) is 2. The Morgan fingerprint density at radius 3 is 2.67 bits per heavy atom. The molecule has 0 radical (unpaired) electrons. The van der Waals surface area contributed by atoms with Gasteiger partial charge in [0.15, 0.2) is 0 Å². The van der Waals surface area contributed by atoms with Crippen molar-refractivity contribution in [1.82, 2.24) is 5.32 Å². The van der Waals surface area contributed by atoms with Crippen LogP contribution in [-0.4, -0.2) is 24.2 Å². The van der Waals surface area contributed by atoms with E-state index in [1.165, 1.54) is 11.6 Å². The smallest absolute Gasteiger partial charge is 0.335 e. The molecule has 0 aliphatic carbocycles. The van der Waals surface area contributed by atoms with E-state index in [4.69, 9.17) is 16.7 Å². The van der Waals surface area contributed by atoms with E-state index in [2.05, 4.69) is 5.32 Å². The molecular formula is C11H10ClNO2. The number of carboxylic acid groups (broad SMARTS) is 1. The second-order valence-electron chi connectivity index (χ2n) is 3.45. The molecule has 2 rings (SSSR count). The summed E-state index contributed by atoms with van der Waals surface area (Å²) < 4.78 is 0. The normalized spacial score (nSPS) is 14.6. The summed E-state index contributed by atoms with van der Waals surface area (Å²) in [7, 11) is 0. The zero-order valence-corrected chi connectivity index (χ0v) is 8.71. The van der Waals surface area contributed by atoms with Crippen molar-refractivity contribution < 1.29 is 9.90 Å². The van der Waals surface area contributed by atoms with Crippen LogP contribution in [0.1, 0.15) is 15.9 Å². The monoisotopic (exact) mass is 223 g/mol. The van der Waals surface area contributed by atoms with Crippen LogP contribution in [0.15, 0.2) is 23.8 Å². The summed E-state index contributed by atoms with van der Waals surface area (Å²) in [5.41, 5.74) is 2.37. The van der Waals surface area contributed by atoms with Gasteiger partial charge in [0.05, 0.1) is 5.56 Å². The van der Waals surface area contributed by atoms with Gasteiger partial charge in [-0.25, -0.2) is 4.79 Å². The number of rotatable bonds is 2. The van der Waals surface area contributed by atoms with Gasteiger partial charge < -0.3 is 10.4 Å². The van der Waals surface area contributed by atoms with Crippen molar-refractivity contribution in [2.24, 2.45) is 0 Å². The molecule has 0 bridgehead atoms. The van der Waals surface area contributed by atoms with Gasteiger partial charge in [-0.1, -0.05) is 23.7 Å². The molecule has 4 heteroatoms. The largest absolute Gasteiger partial charge is 0.478 e. The highest BCUT2D eigenvalue weighted by Crippen LogP contribution is 2.21. The lowest BCUT2D eigenvalue weighted by Crippen LogP contribution is -2.33. The minimum atomic E-state index is -0.957. The molecule has 1 aromatic carbocycles. The highest BCUT2D eigenvalue weighted by Gasteiger charge is 2.09. The second kappa shape index (κ2) is 4.04. The van der Waals surface area contributed by atoms with Crippen LogP contribution in [0.3, 0.4) is 0 Å². The molecule has 0 aromatic heterocycles. The Kier molecular flexibility index (Phi) is 2.75. The van der Waals surface area contributed by atoms with Gasteiger partial charge in [-0.2, -0.15) is 0 Å². The quantitative estimate of drug-likeness (QED) is 0.807. The second-order valence-corrected chi connectivity index (χ2v) is 3.85. The molecule has 15 heavy (non-hydrogen) atoms. The third-order valence-corrected chi connectivity index (χ3v) is 2.64. The molecule has 2 N–H and O–H groups in total. The highest BCUT2D eigenvalue weighted by atomic mass is 35.5. The van der Waals surface area contributed by atoms with Gasteiger partial charge in [-0.3, -0.25) is 0 Å². The first-order valence-corrected chi connectivity index (χ1v) is 4.97. The Labute approximate surface area is 92.4 Å². The van der Waals surface area contributed by atoms with E-state index in [1.807, 2.05) is 6.08 Å². The van der Waals surface area contributed by atoms with E-state index in [0.717, 1.165) is 18.7 Å². The average Bonchev–Trinajstić information content (AvgIpc) is 2.12. The van der Waals surface area contributed by atoms with Crippen molar-refractivity contribution in [2.75, 3.05) is 13.1 Å². The van der Waals surface area contributed by atoms with Crippen LogP contribution >= 0.6 is 11.6 Å². The predicted octanol–water partition coefficient (Wildman–Crippen LogP) is 2.02. The Morgan fingerprint density at radius 1 is 1.47 bits per heavy atom. The zero-order valence-electron chi connectivity index (χ0n) is 7.96. The van der Waals surface area contributed by atoms with Gasteiger partial charge in [0, 0.05) is 18.1 Å². The fraction of sp³-hybridized carbons (Fsp3) is 0.182. The molecular weight excluding hydrogens is 214 g/mol.